The molecule has 6 nitrogen and oxygen atoms in total. The fourth-order valence-electron chi connectivity index (χ4n) is 1.34. The van der Waals surface area contributed by atoms with E-state index in [0.717, 1.165) is 0 Å². The maximum Gasteiger partial charge on any atom is 0.305 e. The largest absolute Gasteiger partial charge is 0.469 e. The monoisotopic (exact) mass is 306 g/mol. The van der Waals surface area contributed by atoms with E-state index in [1.165, 1.54) is 19.2 Å². The maximum atomic E-state index is 11.8. The molecule has 3 N–H and O–H groups in total. The van der Waals surface area contributed by atoms with Crippen LogP contribution in [-0.2, 0) is 19.6 Å². The Kier molecular flexibility index (Phi) is 5.44. The van der Waals surface area contributed by atoms with Crippen LogP contribution < -0.4 is 10.5 Å². The van der Waals surface area contributed by atoms with E-state index in [1.54, 1.807) is 6.07 Å². The molecule has 0 amide bonds. The lowest BCUT2D eigenvalue weighted by atomic mass is 10.3. The van der Waals surface area contributed by atoms with E-state index in [4.69, 9.17) is 17.3 Å². The number of rotatable bonds is 6. The van der Waals surface area contributed by atoms with Gasteiger partial charge in [-0.3, -0.25) is 9.52 Å². The topological polar surface area (TPSA) is 98.5 Å². The highest BCUT2D eigenvalue weighted by atomic mass is 35.5. The minimum atomic E-state index is -3.57. The van der Waals surface area contributed by atoms with Crippen LogP contribution in [0.2, 0.25) is 5.02 Å². The van der Waals surface area contributed by atoms with Gasteiger partial charge in [0, 0.05) is 11.4 Å². The van der Waals surface area contributed by atoms with Gasteiger partial charge in [0.1, 0.15) is 0 Å². The lowest BCUT2D eigenvalue weighted by Gasteiger charge is -2.10. The van der Waals surface area contributed by atoms with E-state index >= 15 is 0 Å². The molecule has 0 aliphatic carbocycles. The number of nitrogens with two attached hydrogens (primary N) is 1. The summed E-state index contributed by atoms with van der Waals surface area (Å²) < 4.78 is 30.3. The predicted octanol–water partition coefficient (Wildman–Crippen LogP) is 1.62. The molecular weight excluding hydrogens is 292 g/mol. The van der Waals surface area contributed by atoms with Gasteiger partial charge in [-0.2, -0.15) is 0 Å². The zero-order valence-electron chi connectivity index (χ0n) is 10.3. The Balaban J connectivity index is 2.64. The second-order valence-electron chi connectivity index (χ2n) is 3.83. The van der Waals surface area contributed by atoms with Crippen molar-refractivity contribution in [3.05, 3.63) is 23.2 Å². The number of carbonyl (C=O) groups is 1. The third-order valence-corrected chi connectivity index (χ3v) is 3.89. The van der Waals surface area contributed by atoms with Crippen LogP contribution >= 0.6 is 11.6 Å². The van der Waals surface area contributed by atoms with E-state index in [2.05, 4.69) is 9.46 Å². The van der Waals surface area contributed by atoms with Crippen molar-refractivity contribution in [1.82, 2.24) is 0 Å². The number of anilines is 2. The van der Waals surface area contributed by atoms with Gasteiger partial charge in [-0.1, -0.05) is 11.6 Å². The number of hydrogen-bond acceptors (Lipinski definition) is 5. The SMILES string of the molecule is COC(=O)CCCS(=O)(=O)Nc1cc(Cl)ccc1N. The molecule has 1 aromatic rings. The normalized spacial score (nSPS) is 11.1. The number of nitrogens with one attached hydrogen (secondary N) is 1. The van der Waals surface area contributed by atoms with E-state index in [1.807, 2.05) is 0 Å². The fourth-order valence-corrected chi connectivity index (χ4v) is 2.65. The fraction of sp³-hybridized carbons (Fsp3) is 0.364. The molecule has 1 rings (SSSR count). The summed E-state index contributed by atoms with van der Waals surface area (Å²) in [7, 11) is -2.32. The van der Waals surface area contributed by atoms with Crippen molar-refractivity contribution in [3.8, 4) is 0 Å². The van der Waals surface area contributed by atoms with Crippen molar-refractivity contribution >= 4 is 39.0 Å². The van der Waals surface area contributed by atoms with Crippen LogP contribution in [0.4, 0.5) is 11.4 Å². The first-order valence-corrected chi connectivity index (χ1v) is 7.49. The Bertz CT molecular complexity index is 560. The van der Waals surface area contributed by atoms with Crippen molar-refractivity contribution in [1.29, 1.82) is 0 Å². The van der Waals surface area contributed by atoms with Crippen molar-refractivity contribution in [2.24, 2.45) is 0 Å². The molecule has 0 saturated heterocycles. The van der Waals surface area contributed by atoms with Crippen LogP contribution in [0.3, 0.4) is 0 Å². The Morgan fingerprint density at radius 1 is 1.47 bits per heavy atom. The number of benzene rings is 1. The average molecular weight is 307 g/mol. The number of ether oxygens (including phenoxy) is 1. The smallest absolute Gasteiger partial charge is 0.305 e. The van der Waals surface area contributed by atoms with Gasteiger partial charge in [0.05, 0.1) is 24.2 Å². The molecule has 0 spiro atoms. The summed E-state index contributed by atoms with van der Waals surface area (Å²) in [5, 5.41) is 0.376. The molecule has 19 heavy (non-hydrogen) atoms. The van der Waals surface area contributed by atoms with E-state index < -0.39 is 16.0 Å². The second kappa shape index (κ2) is 6.63. The Morgan fingerprint density at radius 3 is 2.79 bits per heavy atom. The summed E-state index contributed by atoms with van der Waals surface area (Å²) in [5.41, 5.74) is 6.14. The summed E-state index contributed by atoms with van der Waals surface area (Å²) >= 11 is 5.76. The maximum absolute atomic E-state index is 11.8. The van der Waals surface area contributed by atoms with Crippen LogP contribution in [0.5, 0.6) is 0 Å². The van der Waals surface area contributed by atoms with Crippen molar-refractivity contribution < 1.29 is 17.9 Å². The standard InChI is InChI=1S/C11H15ClN2O4S/c1-18-11(15)3-2-6-19(16,17)14-10-7-8(12)4-5-9(10)13/h4-5,7,14H,2-3,6,13H2,1H3. The lowest BCUT2D eigenvalue weighted by molar-refractivity contribution is -0.140. The summed E-state index contributed by atoms with van der Waals surface area (Å²) in [5.74, 6) is -0.647. The average Bonchev–Trinajstić information content (AvgIpc) is 2.33. The number of halogens is 1. The van der Waals surface area contributed by atoms with Crippen LogP contribution in [-0.4, -0.2) is 27.2 Å². The van der Waals surface area contributed by atoms with Gasteiger partial charge in [0.15, 0.2) is 0 Å². The first kappa shape index (κ1) is 15.6. The molecule has 0 atom stereocenters. The van der Waals surface area contributed by atoms with Gasteiger partial charge in [-0.25, -0.2) is 8.42 Å². The highest BCUT2D eigenvalue weighted by Crippen LogP contribution is 2.24. The number of nitrogen functional groups attached to an aromatic ring is 1. The van der Waals surface area contributed by atoms with Crippen LogP contribution in [0.15, 0.2) is 18.2 Å². The van der Waals surface area contributed by atoms with Gasteiger partial charge in [0.25, 0.3) is 0 Å². The molecule has 0 bridgehead atoms. The molecule has 0 fully saturated rings. The molecule has 0 aromatic heterocycles. The van der Waals surface area contributed by atoms with Crippen molar-refractivity contribution in [3.63, 3.8) is 0 Å². The molecule has 8 heteroatoms. The first-order chi connectivity index (χ1) is 8.84. The number of hydrogen-bond donors (Lipinski definition) is 2. The first-order valence-electron chi connectivity index (χ1n) is 5.46. The van der Waals surface area contributed by atoms with Gasteiger partial charge in [-0.15, -0.1) is 0 Å². The van der Waals surface area contributed by atoms with E-state index in [9.17, 15) is 13.2 Å². The van der Waals surface area contributed by atoms with E-state index in [-0.39, 0.29) is 30.0 Å². The summed E-state index contributed by atoms with van der Waals surface area (Å²) in [6, 6.07) is 4.50. The number of esters is 1. The van der Waals surface area contributed by atoms with Gasteiger partial charge >= 0.3 is 5.97 Å². The molecule has 0 unspecified atom stereocenters. The molecule has 0 radical (unpaired) electrons. The number of sulfonamides is 1. The number of methoxy groups -OCH3 is 1. The molecule has 106 valence electrons. The summed E-state index contributed by atoms with van der Waals surface area (Å²) in [6.07, 6.45) is 0.213. The van der Waals surface area contributed by atoms with Crippen LogP contribution in [0.25, 0.3) is 0 Å². The zero-order valence-corrected chi connectivity index (χ0v) is 11.9. The Morgan fingerprint density at radius 2 is 2.16 bits per heavy atom. The summed E-state index contributed by atoms with van der Waals surface area (Å²) in [4.78, 5) is 10.9. The van der Waals surface area contributed by atoms with E-state index in [0.29, 0.717) is 5.02 Å². The highest BCUT2D eigenvalue weighted by molar-refractivity contribution is 7.92. The Labute approximate surface area is 116 Å². The van der Waals surface area contributed by atoms with Crippen molar-refractivity contribution in [2.45, 2.75) is 12.8 Å². The number of carbonyl (C=O) groups excluding carboxylic acids is 1. The third-order valence-electron chi connectivity index (χ3n) is 2.30. The molecule has 0 aliphatic heterocycles. The van der Waals surface area contributed by atoms with Crippen molar-refractivity contribution in [2.75, 3.05) is 23.3 Å². The highest BCUT2D eigenvalue weighted by Gasteiger charge is 2.13. The molecule has 1 aromatic carbocycles. The minimum Gasteiger partial charge on any atom is -0.469 e. The quantitative estimate of drug-likeness (QED) is 0.614. The van der Waals surface area contributed by atoms with Gasteiger partial charge < -0.3 is 10.5 Å². The minimum absolute atomic E-state index is 0.0441. The second-order valence-corrected chi connectivity index (χ2v) is 6.11. The Hall–Kier alpha value is -1.47. The van der Waals surface area contributed by atoms with Crippen LogP contribution in [0, 0.1) is 0 Å². The zero-order chi connectivity index (χ0) is 14.5. The molecule has 0 saturated carbocycles. The van der Waals surface area contributed by atoms with Gasteiger partial charge in [0.2, 0.25) is 10.0 Å². The molecular formula is C11H15ClN2O4S. The van der Waals surface area contributed by atoms with Crippen LogP contribution in [0.1, 0.15) is 12.8 Å². The predicted molar refractivity (Wildman–Crippen MR) is 74.5 cm³/mol. The third kappa shape index (κ3) is 5.35. The van der Waals surface area contributed by atoms with Gasteiger partial charge in [-0.05, 0) is 24.6 Å². The molecule has 0 heterocycles. The summed E-state index contributed by atoms with van der Waals surface area (Å²) in [6.45, 7) is 0. The molecule has 0 aliphatic rings. The lowest BCUT2D eigenvalue weighted by Crippen LogP contribution is -2.18.